The van der Waals surface area contributed by atoms with E-state index in [9.17, 15) is 4.79 Å². The molecule has 2 heterocycles. The smallest absolute Gasteiger partial charge is 0.348 e. The van der Waals surface area contributed by atoms with Crippen LogP contribution in [0, 0.1) is 17.8 Å². The maximum Gasteiger partial charge on any atom is 0.348 e. The van der Waals surface area contributed by atoms with Gasteiger partial charge in [-0.25, -0.2) is 13.9 Å². The van der Waals surface area contributed by atoms with Crippen LogP contribution in [-0.4, -0.2) is 16.6 Å². The first-order chi connectivity index (χ1) is 13.9. The van der Waals surface area contributed by atoms with E-state index in [0.29, 0.717) is 24.3 Å². The quantitative estimate of drug-likeness (QED) is 0.516. The standard InChI is InChI=1S/C24H32ClN2O2.ClH/c1-16(2)20-11-6-17(3)13-22(20)29-24(28)15-26-14-21(27-12-4-5-23(26)27)18-7-9-19(25)10-8-18;/h7-10,14,16-17,20,22H,4-6,11-13,15H2,1-3H3;1H/q+1;/p-1/t17-,20+,22-;/m0./s1. The molecule has 0 N–H and O–H groups in total. The van der Waals surface area contributed by atoms with Gasteiger partial charge in [0.2, 0.25) is 0 Å². The molecule has 4 rings (SSSR count). The number of hydrogen-bond donors (Lipinski definition) is 0. The van der Waals surface area contributed by atoms with Gasteiger partial charge in [0.05, 0.1) is 13.0 Å². The lowest BCUT2D eigenvalue weighted by atomic mass is 9.75. The summed E-state index contributed by atoms with van der Waals surface area (Å²) in [6.45, 7) is 8.04. The van der Waals surface area contributed by atoms with Crippen molar-refractivity contribution >= 4 is 17.6 Å². The molecule has 0 spiro atoms. The molecule has 1 saturated carbocycles. The highest BCUT2D eigenvalue weighted by Crippen LogP contribution is 2.35. The van der Waals surface area contributed by atoms with Gasteiger partial charge < -0.3 is 17.1 Å². The van der Waals surface area contributed by atoms with Crippen molar-refractivity contribution in [3.05, 3.63) is 41.3 Å². The van der Waals surface area contributed by atoms with Gasteiger partial charge in [-0.3, -0.25) is 0 Å². The van der Waals surface area contributed by atoms with Crippen molar-refractivity contribution in [2.75, 3.05) is 0 Å². The summed E-state index contributed by atoms with van der Waals surface area (Å²) in [6.07, 6.45) is 7.65. The number of benzene rings is 1. The van der Waals surface area contributed by atoms with E-state index in [-0.39, 0.29) is 24.5 Å². The zero-order valence-corrected chi connectivity index (χ0v) is 19.6. The van der Waals surface area contributed by atoms with Gasteiger partial charge in [-0.2, -0.15) is 0 Å². The summed E-state index contributed by atoms with van der Waals surface area (Å²) in [5.74, 6) is 2.76. The van der Waals surface area contributed by atoms with Crippen molar-refractivity contribution in [2.24, 2.45) is 17.8 Å². The molecule has 0 saturated heterocycles. The van der Waals surface area contributed by atoms with Crippen LogP contribution in [0.5, 0.6) is 0 Å². The fourth-order valence-corrected chi connectivity index (χ4v) is 5.22. The third kappa shape index (κ3) is 4.86. The molecule has 1 aliphatic carbocycles. The predicted octanol–water partition coefficient (Wildman–Crippen LogP) is 2.05. The topological polar surface area (TPSA) is 35.1 Å². The Morgan fingerprint density at radius 2 is 2.00 bits per heavy atom. The number of esters is 1. The number of imidazole rings is 1. The van der Waals surface area contributed by atoms with Crippen LogP contribution >= 0.6 is 11.6 Å². The molecule has 4 nitrogen and oxygen atoms in total. The summed E-state index contributed by atoms with van der Waals surface area (Å²) in [5.41, 5.74) is 2.28. The Morgan fingerprint density at radius 3 is 2.70 bits per heavy atom. The van der Waals surface area contributed by atoms with E-state index in [1.807, 2.05) is 24.3 Å². The second-order valence-electron chi connectivity index (χ2n) is 9.17. The Bertz CT molecular complexity index is 876. The van der Waals surface area contributed by atoms with Crippen molar-refractivity contribution in [1.29, 1.82) is 0 Å². The highest BCUT2D eigenvalue weighted by Gasteiger charge is 2.35. The fraction of sp³-hybridized carbons (Fsp3) is 0.583. The van der Waals surface area contributed by atoms with Crippen LogP contribution in [0.25, 0.3) is 11.3 Å². The maximum atomic E-state index is 12.9. The van der Waals surface area contributed by atoms with Crippen molar-refractivity contribution in [3.8, 4) is 11.3 Å². The Labute approximate surface area is 191 Å². The van der Waals surface area contributed by atoms with Crippen LogP contribution in [-0.2, 0) is 29.0 Å². The Balaban J connectivity index is 0.00000256. The number of ether oxygens (including phenoxy) is 1. The number of hydrogen-bond acceptors (Lipinski definition) is 2. The molecule has 0 radical (unpaired) electrons. The number of fused-ring (bicyclic) bond motifs is 1. The van der Waals surface area contributed by atoms with E-state index in [1.54, 1.807) is 0 Å². The highest BCUT2D eigenvalue weighted by molar-refractivity contribution is 6.30. The molecule has 2 aliphatic rings. The molecule has 6 heteroatoms. The summed E-state index contributed by atoms with van der Waals surface area (Å²) in [5, 5.41) is 0.736. The molecule has 164 valence electrons. The summed E-state index contributed by atoms with van der Waals surface area (Å²) in [4.78, 5) is 12.9. The number of carbonyl (C=O) groups is 1. The zero-order chi connectivity index (χ0) is 20.5. The number of aromatic nitrogens is 2. The van der Waals surface area contributed by atoms with Crippen molar-refractivity contribution in [3.63, 3.8) is 0 Å². The summed E-state index contributed by atoms with van der Waals surface area (Å²) in [7, 11) is 0. The first-order valence-electron chi connectivity index (χ1n) is 11.0. The lowest BCUT2D eigenvalue weighted by Crippen LogP contribution is -3.00. The minimum atomic E-state index is -0.109. The van der Waals surface area contributed by atoms with Crippen molar-refractivity contribution < 1.29 is 26.5 Å². The molecule has 2 aromatic rings. The monoisotopic (exact) mass is 450 g/mol. The van der Waals surface area contributed by atoms with Crippen LogP contribution in [0.3, 0.4) is 0 Å². The first-order valence-corrected chi connectivity index (χ1v) is 11.4. The number of carbonyl (C=O) groups excluding carboxylic acids is 1. The van der Waals surface area contributed by atoms with E-state index in [1.165, 1.54) is 12.2 Å². The molecular weight excluding hydrogens is 419 g/mol. The lowest BCUT2D eigenvalue weighted by molar-refractivity contribution is -0.692. The summed E-state index contributed by atoms with van der Waals surface area (Å²) in [6, 6.07) is 7.92. The predicted molar refractivity (Wildman–Crippen MR) is 115 cm³/mol. The van der Waals surface area contributed by atoms with Gasteiger partial charge >= 0.3 is 5.97 Å². The number of halogens is 2. The maximum absolute atomic E-state index is 12.9. The molecule has 1 fully saturated rings. The van der Waals surface area contributed by atoms with E-state index < -0.39 is 0 Å². The second-order valence-corrected chi connectivity index (χ2v) is 9.61. The number of nitrogens with zero attached hydrogens (tertiary/aromatic N) is 2. The van der Waals surface area contributed by atoms with E-state index in [4.69, 9.17) is 16.3 Å². The molecule has 3 atom stereocenters. The van der Waals surface area contributed by atoms with Crippen molar-refractivity contribution in [1.82, 2.24) is 4.57 Å². The average Bonchev–Trinajstić information content (AvgIpc) is 3.26. The lowest BCUT2D eigenvalue weighted by Gasteiger charge is -2.36. The van der Waals surface area contributed by atoms with Gasteiger partial charge in [0.25, 0.3) is 5.82 Å². The molecule has 0 bridgehead atoms. The second kappa shape index (κ2) is 9.74. The molecule has 1 aromatic heterocycles. The Hall–Kier alpha value is -1.52. The van der Waals surface area contributed by atoms with Crippen LogP contribution < -0.4 is 17.0 Å². The van der Waals surface area contributed by atoms with Gasteiger partial charge in [0.15, 0.2) is 12.2 Å². The van der Waals surface area contributed by atoms with E-state index in [2.05, 4.69) is 36.1 Å². The van der Waals surface area contributed by atoms with Crippen molar-refractivity contribution in [2.45, 2.75) is 72.1 Å². The van der Waals surface area contributed by atoms with Gasteiger partial charge in [-0.05, 0) is 61.3 Å². The van der Waals surface area contributed by atoms with Gasteiger partial charge in [-0.1, -0.05) is 38.8 Å². The van der Waals surface area contributed by atoms with Crippen LogP contribution in [0.2, 0.25) is 5.02 Å². The highest BCUT2D eigenvalue weighted by atomic mass is 35.5. The minimum Gasteiger partial charge on any atom is -1.00 e. The van der Waals surface area contributed by atoms with Crippen LogP contribution in [0.4, 0.5) is 0 Å². The van der Waals surface area contributed by atoms with E-state index in [0.717, 1.165) is 48.5 Å². The molecule has 0 unspecified atom stereocenters. The molecule has 0 amide bonds. The van der Waals surface area contributed by atoms with Crippen LogP contribution in [0.1, 0.15) is 52.3 Å². The first kappa shape index (κ1) is 23.1. The Kier molecular flexibility index (Phi) is 7.52. The summed E-state index contributed by atoms with van der Waals surface area (Å²) < 4.78 is 10.5. The van der Waals surface area contributed by atoms with E-state index >= 15 is 0 Å². The third-order valence-electron chi connectivity index (χ3n) is 6.68. The largest absolute Gasteiger partial charge is 1.00 e. The average molecular weight is 451 g/mol. The molecular formula is C24H32Cl2N2O2. The molecule has 1 aromatic carbocycles. The van der Waals surface area contributed by atoms with Gasteiger partial charge in [-0.15, -0.1) is 0 Å². The number of rotatable bonds is 5. The SMILES string of the molecule is CC(C)[C@H]1CC[C@H](C)C[C@@H]1OC(=O)C[n+]1cc(-c2ccc(Cl)cc2)n2c1CCC2.[Cl-]. The zero-order valence-electron chi connectivity index (χ0n) is 18.1. The summed E-state index contributed by atoms with van der Waals surface area (Å²) >= 11 is 6.05. The van der Waals surface area contributed by atoms with Gasteiger partial charge in [0.1, 0.15) is 12.3 Å². The molecule has 30 heavy (non-hydrogen) atoms. The fourth-order valence-electron chi connectivity index (χ4n) is 5.09. The van der Waals surface area contributed by atoms with Crippen LogP contribution in [0.15, 0.2) is 30.5 Å². The van der Waals surface area contributed by atoms with Gasteiger partial charge in [0, 0.05) is 10.6 Å². The minimum absolute atomic E-state index is 0. The Morgan fingerprint density at radius 1 is 1.27 bits per heavy atom. The third-order valence-corrected chi connectivity index (χ3v) is 6.93. The normalized spacial score (nSPS) is 23.2. The molecule has 1 aliphatic heterocycles.